The lowest BCUT2D eigenvalue weighted by atomic mass is 9.78. The monoisotopic (exact) mass is 667 g/mol. The van der Waals surface area contributed by atoms with Crippen molar-refractivity contribution >= 4 is 34.8 Å². The second kappa shape index (κ2) is 16.2. The van der Waals surface area contributed by atoms with Crippen molar-refractivity contribution in [1.29, 1.82) is 0 Å². The molecule has 1 aromatic heterocycles. The Morgan fingerprint density at radius 1 is 0.915 bits per heavy atom. The maximum absolute atomic E-state index is 14.0. The van der Waals surface area contributed by atoms with Crippen molar-refractivity contribution in [1.82, 2.24) is 10.3 Å². The first-order valence-electron chi connectivity index (χ1n) is 15.2. The number of carbonyl (C=O) groups excluding carboxylic acids is 3. The Morgan fingerprint density at radius 3 is 2.15 bits per heavy atom. The number of nitrogens with zero attached hydrogens (tertiary/aromatic N) is 1. The molecule has 4 aromatic rings. The van der Waals surface area contributed by atoms with Crippen LogP contribution in [0.4, 0.5) is 18.9 Å². The maximum Gasteiger partial charge on any atom is 0.573 e. The molecule has 0 radical (unpaired) electrons. The zero-order valence-electron chi connectivity index (χ0n) is 26.2. The first-order valence-corrected chi connectivity index (χ1v) is 16.0. The van der Waals surface area contributed by atoms with Crippen LogP contribution in [-0.2, 0) is 14.3 Å². The third kappa shape index (κ3) is 10.1. The van der Waals surface area contributed by atoms with E-state index in [1.54, 1.807) is 60.9 Å². The molecular weight excluding hydrogens is 631 g/mol. The van der Waals surface area contributed by atoms with Gasteiger partial charge in [-0.15, -0.1) is 24.5 Å². The van der Waals surface area contributed by atoms with Crippen molar-refractivity contribution in [3.05, 3.63) is 101 Å². The number of anilines is 1. The van der Waals surface area contributed by atoms with Crippen LogP contribution in [0.3, 0.4) is 0 Å². The minimum atomic E-state index is -4.85. The second-order valence-corrected chi connectivity index (χ2v) is 12.0. The fourth-order valence-corrected chi connectivity index (χ4v) is 5.99. The van der Waals surface area contributed by atoms with Gasteiger partial charge in [0.25, 0.3) is 5.91 Å². The van der Waals surface area contributed by atoms with Crippen molar-refractivity contribution in [2.45, 2.75) is 58.2 Å². The summed E-state index contributed by atoms with van der Waals surface area (Å²) in [5.41, 5.74) is 3.18. The number of aryl methyl sites for hydroxylation is 1. The number of aromatic nitrogens is 1. The fraction of sp³-hybridized carbons (Fsp3) is 0.314. The summed E-state index contributed by atoms with van der Waals surface area (Å²) in [6.07, 6.45) is -1.71. The Bertz CT molecular complexity index is 1640. The predicted molar refractivity (Wildman–Crippen MR) is 174 cm³/mol. The summed E-state index contributed by atoms with van der Waals surface area (Å²) >= 11 is 1.56. The minimum absolute atomic E-state index is 0.0491. The van der Waals surface area contributed by atoms with E-state index in [2.05, 4.69) is 20.4 Å². The number of halogens is 3. The lowest BCUT2D eigenvalue weighted by molar-refractivity contribution is -0.274. The Hall–Kier alpha value is -4.71. The van der Waals surface area contributed by atoms with Gasteiger partial charge in [-0.2, -0.15) is 0 Å². The molecule has 47 heavy (non-hydrogen) atoms. The Balaban J connectivity index is 1.59. The van der Waals surface area contributed by atoms with Crippen molar-refractivity contribution in [3.63, 3.8) is 0 Å². The molecule has 2 N–H and O–H groups in total. The normalized spacial score (nSPS) is 12.6. The van der Waals surface area contributed by atoms with Gasteiger partial charge in [-0.3, -0.25) is 14.4 Å². The smallest absolute Gasteiger partial charge is 0.466 e. The number of rotatable bonds is 14. The van der Waals surface area contributed by atoms with Gasteiger partial charge in [0, 0.05) is 24.0 Å². The number of ether oxygens (including phenoxy) is 2. The summed E-state index contributed by atoms with van der Waals surface area (Å²) in [7, 11) is 0. The molecule has 0 fully saturated rings. The molecule has 2 amide bonds. The maximum atomic E-state index is 14.0. The molecule has 0 aliphatic heterocycles. The molecular formula is C35H36F3N3O5S. The molecule has 3 aromatic carbocycles. The number of esters is 1. The van der Waals surface area contributed by atoms with Gasteiger partial charge in [-0.1, -0.05) is 49.7 Å². The van der Waals surface area contributed by atoms with E-state index in [-0.39, 0.29) is 43.1 Å². The van der Waals surface area contributed by atoms with Gasteiger partial charge in [-0.05, 0) is 79.3 Å². The van der Waals surface area contributed by atoms with Gasteiger partial charge in [0.2, 0.25) is 5.91 Å². The van der Waals surface area contributed by atoms with Crippen LogP contribution in [0.1, 0.15) is 71.4 Å². The molecule has 0 aliphatic carbocycles. The summed E-state index contributed by atoms with van der Waals surface area (Å²) in [4.78, 5) is 43.6. The number of benzene rings is 3. The van der Waals surface area contributed by atoms with E-state index < -0.39 is 18.2 Å². The molecule has 8 nitrogen and oxygen atoms in total. The third-order valence-electron chi connectivity index (χ3n) is 7.34. The van der Waals surface area contributed by atoms with Crippen LogP contribution >= 0.6 is 11.3 Å². The zero-order chi connectivity index (χ0) is 34.0. The summed E-state index contributed by atoms with van der Waals surface area (Å²) in [5.74, 6) is -2.66. The van der Waals surface area contributed by atoms with Crippen molar-refractivity contribution < 1.29 is 37.0 Å². The van der Waals surface area contributed by atoms with Crippen LogP contribution in [0.2, 0.25) is 0 Å². The van der Waals surface area contributed by atoms with Gasteiger partial charge in [0.15, 0.2) is 0 Å². The van der Waals surface area contributed by atoms with E-state index in [9.17, 15) is 27.6 Å². The zero-order valence-corrected chi connectivity index (χ0v) is 27.0. The highest BCUT2D eigenvalue weighted by molar-refractivity contribution is 7.15. The van der Waals surface area contributed by atoms with Gasteiger partial charge in [0.1, 0.15) is 5.75 Å². The number of amides is 2. The van der Waals surface area contributed by atoms with E-state index in [1.165, 1.54) is 24.3 Å². The first kappa shape index (κ1) is 35.1. The van der Waals surface area contributed by atoms with Gasteiger partial charge < -0.3 is 20.1 Å². The Kier molecular flexibility index (Phi) is 12.1. The van der Waals surface area contributed by atoms with E-state index in [1.807, 2.05) is 26.0 Å². The topological polar surface area (TPSA) is 107 Å². The average molecular weight is 668 g/mol. The second-order valence-electron chi connectivity index (χ2n) is 10.7. The van der Waals surface area contributed by atoms with E-state index in [0.717, 1.165) is 21.0 Å². The molecule has 0 saturated carbocycles. The highest BCUT2D eigenvalue weighted by Crippen LogP contribution is 2.39. The van der Waals surface area contributed by atoms with Crippen LogP contribution in [0, 0.1) is 6.92 Å². The van der Waals surface area contributed by atoms with Crippen LogP contribution in [0.5, 0.6) is 5.75 Å². The number of hydrogen-bond donors (Lipinski definition) is 2. The molecule has 0 unspecified atom stereocenters. The molecule has 0 saturated heterocycles. The summed E-state index contributed by atoms with van der Waals surface area (Å²) < 4.78 is 47.5. The minimum Gasteiger partial charge on any atom is -0.466 e. The molecule has 1 heterocycles. The van der Waals surface area contributed by atoms with Gasteiger partial charge >= 0.3 is 12.3 Å². The Labute approximate surface area is 275 Å². The highest BCUT2D eigenvalue weighted by atomic mass is 32.1. The third-order valence-corrected chi connectivity index (χ3v) is 8.30. The van der Waals surface area contributed by atoms with Crippen molar-refractivity contribution in [2.24, 2.45) is 0 Å². The molecule has 12 heteroatoms. The molecule has 4 rings (SSSR count). The van der Waals surface area contributed by atoms with Crippen LogP contribution in [-0.4, -0.2) is 42.3 Å². The molecule has 248 valence electrons. The van der Waals surface area contributed by atoms with E-state index >= 15 is 0 Å². The lowest BCUT2D eigenvalue weighted by Gasteiger charge is -2.28. The Morgan fingerprint density at radius 2 is 1.57 bits per heavy atom. The number of carbonyl (C=O) groups is 3. The lowest BCUT2D eigenvalue weighted by Crippen LogP contribution is -2.27. The number of thiazole rings is 1. The molecule has 0 aliphatic rings. The standard InChI is InChI=1S/C35H36F3N3O5S/c1-4-6-29(23-7-9-26(10-8-23)33(43)39-20-19-31(42)45-5-2)32(25-13-17-28(18-14-25)46-35(36,37)38)34(44)41-27-15-11-24(12-16-27)30-21-40-22(3)47-30/h7-18,21,29,32H,4-6,19-20H2,1-3H3,(H,39,43)(H,41,44)/t29-,32+/m0/s1. The summed E-state index contributed by atoms with van der Waals surface area (Å²) in [6, 6.07) is 19.5. The predicted octanol–water partition coefficient (Wildman–Crippen LogP) is 8.01. The SMILES string of the molecule is CCC[C@@H](c1ccc(C(=O)NCCC(=O)OCC)cc1)[C@H](C(=O)Nc1ccc(-c2cnc(C)s2)cc1)c1ccc(OC(F)(F)F)cc1. The molecule has 2 atom stereocenters. The van der Waals surface area contributed by atoms with Crippen molar-refractivity contribution in [3.8, 4) is 16.2 Å². The summed E-state index contributed by atoms with van der Waals surface area (Å²) in [6.45, 7) is 6.00. The first-order chi connectivity index (χ1) is 22.5. The average Bonchev–Trinajstić information content (AvgIpc) is 3.47. The fourth-order valence-electron chi connectivity index (χ4n) is 5.21. The quantitative estimate of drug-likeness (QED) is 0.132. The van der Waals surface area contributed by atoms with Gasteiger partial charge in [0.05, 0.1) is 28.8 Å². The largest absolute Gasteiger partial charge is 0.573 e. The van der Waals surface area contributed by atoms with Crippen LogP contribution < -0.4 is 15.4 Å². The van der Waals surface area contributed by atoms with Gasteiger partial charge in [-0.25, -0.2) is 4.98 Å². The summed E-state index contributed by atoms with van der Waals surface area (Å²) in [5, 5.41) is 6.63. The number of nitrogens with one attached hydrogen (secondary N) is 2. The van der Waals surface area contributed by atoms with E-state index in [0.29, 0.717) is 29.7 Å². The molecule has 0 bridgehead atoms. The number of alkyl halides is 3. The van der Waals surface area contributed by atoms with Crippen LogP contribution in [0.25, 0.3) is 10.4 Å². The van der Waals surface area contributed by atoms with E-state index in [4.69, 9.17) is 4.74 Å². The molecule has 0 spiro atoms. The highest BCUT2D eigenvalue weighted by Gasteiger charge is 2.33. The van der Waals surface area contributed by atoms with Crippen LogP contribution in [0.15, 0.2) is 79.0 Å². The van der Waals surface area contributed by atoms with Crippen molar-refractivity contribution in [2.75, 3.05) is 18.5 Å². The number of hydrogen-bond acceptors (Lipinski definition) is 7.